The van der Waals surface area contributed by atoms with Crippen LogP contribution in [0.5, 0.6) is 0 Å². The van der Waals surface area contributed by atoms with Gasteiger partial charge in [0.1, 0.15) is 11.8 Å². The largest absolute Gasteiger partial charge is 0.458 e. The van der Waals surface area contributed by atoms with E-state index < -0.39 is 57.7 Å². The molecule has 0 aromatic carbocycles. The van der Waals surface area contributed by atoms with Gasteiger partial charge in [0, 0.05) is 23.7 Å². The number of carbonyl (C=O) groups excluding carboxylic acids is 3. The molecule has 0 aliphatic heterocycles. The number of hydrogen-bond donors (Lipinski definition) is 1. The average Bonchev–Trinajstić information content (AvgIpc) is 2.89. The number of esters is 1. The normalized spacial score (nSPS) is 47.8. The number of fused-ring (bicyclic) bond motifs is 5. The Hall–Kier alpha value is -1.79. The predicted octanol–water partition coefficient (Wildman–Crippen LogP) is 3.49. The lowest BCUT2D eigenvalue weighted by Crippen LogP contribution is -2.67. The summed E-state index contributed by atoms with van der Waals surface area (Å²) < 4.78 is 21.0. The van der Waals surface area contributed by atoms with E-state index in [9.17, 15) is 19.5 Å². The summed E-state index contributed by atoms with van der Waals surface area (Å²) in [5, 5.41) is 11.7. The topological polar surface area (TPSA) is 80.7 Å². The number of carbonyl (C=O) groups is 3. The highest BCUT2D eigenvalue weighted by Crippen LogP contribution is 2.70. The van der Waals surface area contributed by atoms with Crippen molar-refractivity contribution in [2.24, 2.45) is 28.6 Å². The molecule has 0 heterocycles. The van der Waals surface area contributed by atoms with Crippen LogP contribution in [0, 0.1) is 28.6 Å². The van der Waals surface area contributed by atoms with Crippen molar-refractivity contribution >= 4 is 29.1 Å². The Bertz CT molecular complexity index is 956. The Morgan fingerprint density at radius 3 is 2.65 bits per heavy atom. The van der Waals surface area contributed by atoms with Crippen molar-refractivity contribution in [3.63, 3.8) is 0 Å². The van der Waals surface area contributed by atoms with E-state index in [2.05, 4.69) is 0 Å². The fourth-order valence-corrected chi connectivity index (χ4v) is 7.29. The van der Waals surface area contributed by atoms with Crippen molar-refractivity contribution in [2.45, 2.75) is 57.2 Å². The van der Waals surface area contributed by atoms with Gasteiger partial charge in [-0.3, -0.25) is 14.4 Å². The third-order valence-corrected chi connectivity index (χ3v) is 9.46. The minimum Gasteiger partial charge on any atom is -0.458 e. The van der Waals surface area contributed by atoms with E-state index >= 15 is 4.39 Å². The highest BCUT2D eigenvalue weighted by Gasteiger charge is 2.74. The van der Waals surface area contributed by atoms with Gasteiger partial charge in [-0.25, -0.2) is 4.39 Å². The lowest BCUT2D eigenvalue weighted by Gasteiger charge is -2.61. The van der Waals surface area contributed by atoms with E-state index in [1.54, 1.807) is 19.9 Å². The summed E-state index contributed by atoms with van der Waals surface area (Å²) in [6.45, 7) is 6.02. The molecule has 0 bridgehead atoms. The van der Waals surface area contributed by atoms with Crippen LogP contribution in [0.25, 0.3) is 0 Å². The second-order valence-corrected chi connectivity index (χ2v) is 10.6. The van der Waals surface area contributed by atoms with Crippen LogP contribution in [0.4, 0.5) is 4.39 Å². The van der Waals surface area contributed by atoms with Gasteiger partial charge in [-0.1, -0.05) is 39.0 Å². The monoisotopic (exact) mass is 450 g/mol. The summed E-state index contributed by atoms with van der Waals surface area (Å²) in [5.74, 6) is -2.56. The molecule has 0 aromatic heterocycles. The predicted molar refractivity (Wildman–Crippen MR) is 113 cm³/mol. The molecule has 1 N–H and O–H groups in total. The van der Waals surface area contributed by atoms with Gasteiger partial charge >= 0.3 is 5.97 Å². The summed E-state index contributed by atoms with van der Waals surface area (Å²) in [6, 6.07) is 0. The molecule has 4 aliphatic rings. The third kappa shape index (κ3) is 2.67. The minimum atomic E-state index is -1.83. The minimum absolute atomic E-state index is 0.108. The number of Topliss-reactive ketones (excluding diaryl/α,β-unsaturated/α-hetero) is 1. The molecule has 168 valence electrons. The van der Waals surface area contributed by atoms with Gasteiger partial charge in [0.2, 0.25) is 5.78 Å². The molecule has 5 nitrogen and oxygen atoms in total. The number of rotatable bonds is 3. The Morgan fingerprint density at radius 1 is 1.32 bits per heavy atom. The first-order valence-corrected chi connectivity index (χ1v) is 11.1. The van der Waals surface area contributed by atoms with Crippen molar-refractivity contribution in [1.82, 2.24) is 0 Å². The molecule has 0 radical (unpaired) electrons. The fraction of sp³-hybridized carbons (Fsp3) is 0.625. The van der Waals surface area contributed by atoms with E-state index in [4.69, 9.17) is 16.3 Å². The molecule has 2 saturated carbocycles. The second-order valence-electron chi connectivity index (χ2n) is 9.99. The maximum absolute atomic E-state index is 16.1. The SMILES string of the molecule is CC(=O)OCC(=O)[C@@]1(O)[C@@H](C)C[C@H]2[C@@H]3C=CC4=CC(=O)C=C[C@]4(C)[C@@]3(Cl)[C@@H](F)C[C@@]21C. The first-order valence-electron chi connectivity index (χ1n) is 10.7. The number of alkyl halides is 2. The van der Waals surface area contributed by atoms with Gasteiger partial charge in [0.25, 0.3) is 0 Å². The van der Waals surface area contributed by atoms with Gasteiger partial charge in [0.05, 0.1) is 4.87 Å². The Kier molecular flexibility index (Phi) is 4.95. The number of hydrogen-bond acceptors (Lipinski definition) is 5. The lowest BCUT2D eigenvalue weighted by molar-refractivity contribution is -0.174. The zero-order valence-electron chi connectivity index (χ0n) is 18.2. The van der Waals surface area contributed by atoms with Crippen molar-refractivity contribution in [3.05, 3.63) is 36.0 Å². The van der Waals surface area contributed by atoms with Crippen molar-refractivity contribution in [1.29, 1.82) is 0 Å². The van der Waals surface area contributed by atoms with E-state index in [0.717, 1.165) is 0 Å². The zero-order chi connectivity index (χ0) is 23.0. The smallest absolute Gasteiger partial charge is 0.303 e. The van der Waals surface area contributed by atoms with E-state index in [1.165, 1.54) is 19.1 Å². The zero-order valence-corrected chi connectivity index (χ0v) is 18.9. The van der Waals surface area contributed by atoms with Crippen LogP contribution in [-0.4, -0.2) is 45.9 Å². The summed E-state index contributed by atoms with van der Waals surface area (Å²) in [6.07, 6.45) is 7.11. The van der Waals surface area contributed by atoms with Crippen LogP contribution in [0.2, 0.25) is 0 Å². The number of halogens is 2. The standard InChI is InChI=1S/C24H28ClFO5/c1-13-9-18-17-6-5-15-10-16(28)7-8-21(15,3)23(17,25)19(26)11-22(18,4)24(13,30)20(29)12-31-14(2)27/h5-8,10,13,17-19,30H,9,11-12H2,1-4H3/t13-,17-,18-,19-,21-,22-,23-,24-/m0/s1. The van der Waals surface area contributed by atoms with Gasteiger partial charge in [-0.2, -0.15) is 0 Å². The van der Waals surface area contributed by atoms with Crippen LogP contribution in [0.15, 0.2) is 36.0 Å². The molecule has 8 atom stereocenters. The molecule has 4 rings (SSSR count). The Labute approximate surface area is 186 Å². The van der Waals surface area contributed by atoms with Gasteiger partial charge in [0.15, 0.2) is 12.4 Å². The molecule has 2 fully saturated rings. The molecule has 0 saturated heterocycles. The van der Waals surface area contributed by atoms with E-state index in [1.807, 2.05) is 19.1 Å². The van der Waals surface area contributed by atoms with Crippen molar-refractivity contribution < 1.29 is 28.6 Å². The molecule has 0 amide bonds. The lowest BCUT2D eigenvalue weighted by atomic mass is 9.47. The van der Waals surface area contributed by atoms with E-state index in [-0.39, 0.29) is 18.1 Å². The highest BCUT2D eigenvalue weighted by atomic mass is 35.5. The van der Waals surface area contributed by atoms with Crippen LogP contribution in [-0.2, 0) is 19.1 Å². The molecule has 0 unspecified atom stereocenters. The van der Waals surface area contributed by atoms with Gasteiger partial charge in [-0.15, -0.1) is 11.6 Å². The van der Waals surface area contributed by atoms with Crippen LogP contribution in [0.1, 0.15) is 40.5 Å². The Balaban J connectivity index is 1.80. The molecular weight excluding hydrogens is 423 g/mol. The second kappa shape index (κ2) is 6.85. The molecule has 0 spiro atoms. The van der Waals surface area contributed by atoms with E-state index in [0.29, 0.717) is 12.0 Å². The molecule has 31 heavy (non-hydrogen) atoms. The summed E-state index contributed by atoms with van der Waals surface area (Å²) in [7, 11) is 0. The van der Waals surface area contributed by atoms with Crippen LogP contribution in [0.3, 0.4) is 0 Å². The third-order valence-electron chi connectivity index (χ3n) is 8.58. The summed E-state index contributed by atoms with van der Waals surface area (Å²) >= 11 is 7.18. The summed E-state index contributed by atoms with van der Waals surface area (Å²) in [5.41, 5.74) is -3.14. The van der Waals surface area contributed by atoms with Gasteiger partial charge < -0.3 is 9.84 Å². The first kappa shape index (κ1) is 22.4. The number of ether oxygens (including phenoxy) is 1. The highest BCUT2D eigenvalue weighted by molar-refractivity contribution is 6.26. The van der Waals surface area contributed by atoms with Crippen LogP contribution < -0.4 is 0 Å². The fourth-order valence-electron chi connectivity index (χ4n) is 6.82. The quantitative estimate of drug-likeness (QED) is 0.526. The summed E-state index contributed by atoms with van der Waals surface area (Å²) in [4.78, 5) is 34.8. The average molecular weight is 451 g/mol. The number of ketones is 2. The maximum atomic E-state index is 16.1. The van der Waals surface area contributed by atoms with Crippen molar-refractivity contribution in [3.8, 4) is 0 Å². The number of aliphatic hydroxyl groups is 1. The van der Waals surface area contributed by atoms with Crippen molar-refractivity contribution in [2.75, 3.05) is 6.61 Å². The van der Waals surface area contributed by atoms with Crippen LogP contribution >= 0.6 is 11.6 Å². The molecule has 4 aliphatic carbocycles. The first-order chi connectivity index (χ1) is 14.3. The van der Waals surface area contributed by atoms with Gasteiger partial charge in [-0.05, 0) is 42.4 Å². The Morgan fingerprint density at radius 2 is 2.00 bits per heavy atom. The molecule has 7 heteroatoms. The maximum Gasteiger partial charge on any atom is 0.303 e. The molecular formula is C24H28ClFO5. The molecule has 0 aromatic rings. The number of allylic oxidation sites excluding steroid dienone is 6.